The van der Waals surface area contributed by atoms with Crippen LogP contribution in [0.2, 0.25) is 0 Å². The topological polar surface area (TPSA) is 91.6 Å². The monoisotopic (exact) mass is 347 g/mol. The molecule has 1 aromatic rings. The highest BCUT2D eigenvalue weighted by Crippen LogP contribution is 2.38. The number of carbonyl (C=O) groups is 2. The molecule has 2 saturated heterocycles. The number of nitrogens with one attached hydrogen (secondary N) is 1. The molecule has 1 N–H and O–H groups in total. The number of likely N-dealkylation sites (N-methyl/N-ethyl adjacent to an activating group) is 1. The third kappa shape index (κ3) is 2.92. The molecule has 0 bridgehead atoms. The molecular weight excluding hydrogens is 322 g/mol. The summed E-state index contributed by atoms with van der Waals surface area (Å²) in [5.74, 6) is 1.93. The van der Waals surface area contributed by atoms with Gasteiger partial charge in [0.2, 0.25) is 5.89 Å². The predicted octanol–water partition coefficient (Wildman–Crippen LogP) is 1.49. The Morgan fingerprint density at radius 3 is 2.80 bits per heavy atom. The molecule has 0 unspecified atom stereocenters. The molecule has 136 valence electrons. The van der Waals surface area contributed by atoms with Gasteiger partial charge in [0.25, 0.3) is 5.91 Å². The minimum atomic E-state index is -0.820. The fourth-order valence-corrected chi connectivity index (χ4v) is 3.98. The number of nitrogens with zero attached hydrogens (tertiary/aromatic N) is 4. The maximum atomic E-state index is 12.7. The van der Waals surface area contributed by atoms with E-state index >= 15 is 0 Å². The largest absolute Gasteiger partial charge is 0.338 e. The van der Waals surface area contributed by atoms with E-state index in [1.165, 1.54) is 4.90 Å². The SMILES string of the molecule is CCN1C(=O)N[C@](C)([C@@H]2CCCN(Cc3nc(C4CC4)no3)C2)C1=O. The van der Waals surface area contributed by atoms with Crippen molar-refractivity contribution in [2.75, 3.05) is 19.6 Å². The summed E-state index contributed by atoms with van der Waals surface area (Å²) in [7, 11) is 0. The van der Waals surface area contributed by atoms with Gasteiger partial charge in [-0.1, -0.05) is 5.16 Å². The van der Waals surface area contributed by atoms with Gasteiger partial charge in [0.05, 0.1) is 6.54 Å². The molecule has 3 fully saturated rings. The molecule has 0 radical (unpaired) electrons. The molecule has 3 heterocycles. The second kappa shape index (κ2) is 6.09. The number of urea groups is 1. The minimum absolute atomic E-state index is 0.0834. The number of carbonyl (C=O) groups excluding carboxylic acids is 2. The zero-order valence-corrected chi connectivity index (χ0v) is 14.8. The smallest absolute Gasteiger partial charge is 0.325 e. The molecule has 4 rings (SSSR count). The van der Waals surface area contributed by atoms with Crippen LogP contribution >= 0.6 is 0 Å². The molecule has 2 aliphatic heterocycles. The summed E-state index contributed by atoms with van der Waals surface area (Å²) >= 11 is 0. The lowest BCUT2D eigenvalue weighted by atomic mass is 9.80. The minimum Gasteiger partial charge on any atom is -0.338 e. The van der Waals surface area contributed by atoms with E-state index in [-0.39, 0.29) is 17.9 Å². The van der Waals surface area contributed by atoms with Crippen LogP contribution in [0, 0.1) is 5.92 Å². The second-order valence-electron chi connectivity index (χ2n) is 7.58. The van der Waals surface area contributed by atoms with Gasteiger partial charge in [-0.2, -0.15) is 4.98 Å². The van der Waals surface area contributed by atoms with Gasteiger partial charge in [-0.3, -0.25) is 14.6 Å². The Balaban J connectivity index is 1.43. The van der Waals surface area contributed by atoms with Crippen LogP contribution in [-0.2, 0) is 11.3 Å². The van der Waals surface area contributed by atoms with E-state index in [0.29, 0.717) is 24.9 Å². The predicted molar refractivity (Wildman–Crippen MR) is 88.6 cm³/mol. The quantitative estimate of drug-likeness (QED) is 0.812. The zero-order valence-electron chi connectivity index (χ0n) is 14.8. The van der Waals surface area contributed by atoms with E-state index in [1.54, 1.807) is 0 Å². The maximum absolute atomic E-state index is 12.7. The Morgan fingerprint density at radius 2 is 2.12 bits per heavy atom. The number of hydrogen-bond donors (Lipinski definition) is 1. The molecule has 3 amide bonds. The van der Waals surface area contributed by atoms with Crippen molar-refractivity contribution in [3.05, 3.63) is 11.7 Å². The van der Waals surface area contributed by atoms with Crippen molar-refractivity contribution in [3.63, 3.8) is 0 Å². The summed E-state index contributed by atoms with van der Waals surface area (Å²) in [6, 6.07) is -0.280. The first-order valence-electron chi connectivity index (χ1n) is 9.20. The number of likely N-dealkylation sites (tertiary alicyclic amines) is 1. The van der Waals surface area contributed by atoms with Crippen LogP contribution in [-0.4, -0.2) is 57.1 Å². The molecule has 0 aromatic carbocycles. The van der Waals surface area contributed by atoms with E-state index in [1.807, 2.05) is 13.8 Å². The first kappa shape index (κ1) is 16.5. The van der Waals surface area contributed by atoms with Gasteiger partial charge in [-0.05, 0) is 46.1 Å². The van der Waals surface area contributed by atoms with Gasteiger partial charge in [-0.15, -0.1) is 0 Å². The number of imide groups is 1. The lowest BCUT2D eigenvalue weighted by Crippen LogP contribution is -2.55. The van der Waals surface area contributed by atoms with E-state index in [2.05, 4.69) is 20.4 Å². The zero-order chi connectivity index (χ0) is 17.6. The van der Waals surface area contributed by atoms with Crippen LogP contribution in [0.1, 0.15) is 57.2 Å². The Kier molecular flexibility index (Phi) is 4.02. The molecule has 1 aliphatic carbocycles. The highest BCUT2D eigenvalue weighted by atomic mass is 16.5. The molecule has 1 saturated carbocycles. The Morgan fingerprint density at radius 1 is 1.32 bits per heavy atom. The van der Waals surface area contributed by atoms with Crippen LogP contribution in [0.25, 0.3) is 0 Å². The summed E-state index contributed by atoms with van der Waals surface area (Å²) in [5, 5.41) is 6.99. The van der Waals surface area contributed by atoms with Crippen LogP contribution in [0.4, 0.5) is 4.79 Å². The van der Waals surface area contributed by atoms with Gasteiger partial charge in [0.1, 0.15) is 5.54 Å². The average molecular weight is 347 g/mol. The first-order valence-corrected chi connectivity index (χ1v) is 9.20. The average Bonchev–Trinajstić information content (AvgIpc) is 3.30. The fourth-order valence-electron chi connectivity index (χ4n) is 3.98. The lowest BCUT2D eigenvalue weighted by molar-refractivity contribution is -0.133. The summed E-state index contributed by atoms with van der Waals surface area (Å²) in [6.07, 6.45) is 4.21. The van der Waals surface area contributed by atoms with Crippen molar-refractivity contribution in [2.45, 2.75) is 57.5 Å². The third-order valence-electron chi connectivity index (χ3n) is 5.72. The van der Waals surface area contributed by atoms with Crippen molar-refractivity contribution in [1.29, 1.82) is 0 Å². The lowest BCUT2D eigenvalue weighted by Gasteiger charge is -2.39. The summed E-state index contributed by atoms with van der Waals surface area (Å²) in [6.45, 7) is 6.36. The maximum Gasteiger partial charge on any atom is 0.325 e. The highest BCUT2D eigenvalue weighted by Gasteiger charge is 2.52. The molecular formula is C17H25N5O3. The van der Waals surface area contributed by atoms with Gasteiger partial charge < -0.3 is 9.84 Å². The van der Waals surface area contributed by atoms with Crippen molar-refractivity contribution in [1.82, 2.24) is 25.3 Å². The van der Waals surface area contributed by atoms with Crippen LogP contribution in [0.15, 0.2) is 4.52 Å². The van der Waals surface area contributed by atoms with Crippen molar-refractivity contribution < 1.29 is 14.1 Å². The Labute approximate surface area is 146 Å². The van der Waals surface area contributed by atoms with Crippen molar-refractivity contribution >= 4 is 11.9 Å². The number of piperidine rings is 1. The molecule has 0 spiro atoms. The van der Waals surface area contributed by atoms with Crippen LogP contribution in [0.3, 0.4) is 0 Å². The van der Waals surface area contributed by atoms with Crippen molar-refractivity contribution in [2.24, 2.45) is 5.92 Å². The summed E-state index contributed by atoms with van der Waals surface area (Å²) in [5.41, 5.74) is -0.820. The van der Waals surface area contributed by atoms with E-state index in [4.69, 9.17) is 4.52 Å². The van der Waals surface area contributed by atoms with Crippen molar-refractivity contribution in [3.8, 4) is 0 Å². The first-order chi connectivity index (χ1) is 12.0. The Bertz CT molecular complexity index is 686. The second-order valence-corrected chi connectivity index (χ2v) is 7.58. The number of aromatic nitrogens is 2. The van der Waals surface area contributed by atoms with Gasteiger partial charge in [0, 0.05) is 24.9 Å². The number of rotatable bonds is 5. The normalized spacial score (nSPS) is 30.8. The molecule has 2 atom stereocenters. The molecule has 8 nitrogen and oxygen atoms in total. The Hall–Kier alpha value is -1.96. The van der Waals surface area contributed by atoms with Gasteiger partial charge >= 0.3 is 6.03 Å². The van der Waals surface area contributed by atoms with E-state index in [9.17, 15) is 9.59 Å². The molecule has 3 aliphatic rings. The summed E-state index contributed by atoms with van der Waals surface area (Å²) < 4.78 is 5.38. The van der Waals surface area contributed by atoms with E-state index < -0.39 is 5.54 Å². The van der Waals surface area contributed by atoms with Gasteiger partial charge in [0.15, 0.2) is 5.82 Å². The van der Waals surface area contributed by atoms with E-state index in [0.717, 1.165) is 44.6 Å². The fraction of sp³-hybridized carbons (Fsp3) is 0.765. The summed E-state index contributed by atoms with van der Waals surface area (Å²) in [4.78, 5) is 32.8. The standard InChI is InChI=1S/C17H25N5O3/c1-3-22-15(23)17(2,19-16(22)24)12-5-4-8-21(9-12)10-13-18-14(20-25-13)11-6-7-11/h11-12H,3-10H2,1-2H3,(H,19,24)/t12-,17-/m1/s1. The number of amides is 3. The van der Waals surface area contributed by atoms with Crippen LogP contribution < -0.4 is 5.32 Å². The molecule has 25 heavy (non-hydrogen) atoms. The van der Waals surface area contributed by atoms with Gasteiger partial charge in [-0.25, -0.2) is 4.79 Å². The number of hydrogen-bond acceptors (Lipinski definition) is 6. The van der Waals surface area contributed by atoms with Crippen LogP contribution in [0.5, 0.6) is 0 Å². The molecule has 8 heteroatoms. The third-order valence-corrected chi connectivity index (χ3v) is 5.72. The molecule has 1 aromatic heterocycles. The highest BCUT2D eigenvalue weighted by molar-refractivity contribution is 6.07.